The maximum atomic E-state index is 12.0. The van der Waals surface area contributed by atoms with Gasteiger partial charge in [-0.2, -0.15) is 5.10 Å². The molecular formula is C20H26N4O4. The van der Waals surface area contributed by atoms with E-state index in [1.54, 1.807) is 7.11 Å². The van der Waals surface area contributed by atoms with Crippen molar-refractivity contribution < 1.29 is 19.0 Å². The minimum absolute atomic E-state index is 0.0771. The summed E-state index contributed by atoms with van der Waals surface area (Å²) >= 11 is 0. The molecule has 3 heterocycles. The Morgan fingerprint density at radius 3 is 3.00 bits per heavy atom. The molecule has 2 atom stereocenters. The van der Waals surface area contributed by atoms with Crippen molar-refractivity contribution in [1.29, 1.82) is 0 Å². The van der Waals surface area contributed by atoms with Crippen molar-refractivity contribution in [3.63, 3.8) is 0 Å². The quantitative estimate of drug-likeness (QED) is 0.787. The largest absolute Gasteiger partial charge is 0.493 e. The molecule has 2 N–H and O–H groups in total. The zero-order chi connectivity index (χ0) is 19.5. The Morgan fingerprint density at radius 2 is 2.21 bits per heavy atom. The Hall–Kier alpha value is -2.74. The third kappa shape index (κ3) is 3.77. The lowest BCUT2D eigenvalue weighted by molar-refractivity contribution is -0.123. The first-order valence-corrected chi connectivity index (χ1v) is 9.69. The van der Waals surface area contributed by atoms with Crippen LogP contribution >= 0.6 is 0 Å². The van der Waals surface area contributed by atoms with Gasteiger partial charge in [0, 0.05) is 37.3 Å². The van der Waals surface area contributed by atoms with Gasteiger partial charge in [-0.1, -0.05) is 0 Å². The zero-order valence-corrected chi connectivity index (χ0v) is 16.2. The van der Waals surface area contributed by atoms with E-state index in [0.717, 1.165) is 24.1 Å². The summed E-state index contributed by atoms with van der Waals surface area (Å²) in [5, 5.41) is 11.0. The van der Waals surface area contributed by atoms with Crippen LogP contribution in [0.5, 0.6) is 17.2 Å². The fourth-order valence-corrected chi connectivity index (χ4v) is 3.73. The van der Waals surface area contributed by atoms with Crippen LogP contribution < -0.4 is 24.8 Å². The van der Waals surface area contributed by atoms with Crippen LogP contribution in [0.3, 0.4) is 0 Å². The summed E-state index contributed by atoms with van der Waals surface area (Å²) in [6.07, 6.45) is 5.12. The van der Waals surface area contributed by atoms with Gasteiger partial charge in [0.2, 0.25) is 11.7 Å². The van der Waals surface area contributed by atoms with Crippen molar-refractivity contribution in [3.8, 4) is 17.2 Å². The molecule has 0 spiro atoms. The maximum Gasteiger partial charge on any atom is 0.220 e. The number of aromatic nitrogens is 2. The summed E-state index contributed by atoms with van der Waals surface area (Å²) in [4.78, 5) is 12.0. The third-order valence-corrected chi connectivity index (χ3v) is 5.19. The maximum absolute atomic E-state index is 12.0. The lowest BCUT2D eigenvalue weighted by Gasteiger charge is -2.32. The summed E-state index contributed by atoms with van der Waals surface area (Å²) in [6, 6.07) is 3.97. The Labute approximate surface area is 164 Å². The highest BCUT2D eigenvalue weighted by Crippen LogP contribution is 2.40. The molecule has 2 aromatic rings. The zero-order valence-electron chi connectivity index (χ0n) is 16.2. The van der Waals surface area contributed by atoms with Crippen molar-refractivity contribution in [3.05, 3.63) is 35.7 Å². The molecule has 1 saturated heterocycles. The number of piperidine rings is 1. The first kappa shape index (κ1) is 18.6. The predicted molar refractivity (Wildman–Crippen MR) is 103 cm³/mol. The number of carbonyl (C=O) groups is 1. The molecule has 0 radical (unpaired) electrons. The van der Waals surface area contributed by atoms with E-state index in [9.17, 15) is 4.79 Å². The van der Waals surface area contributed by atoms with Gasteiger partial charge in [-0.15, -0.1) is 0 Å². The minimum Gasteiger partial charge on any atom is -0.493 e. The molecule has 8 heteroatoms. The van der Waals surface area contributed by atoms with Crippen molar-refractivity contribution in [2.45, 2.75) is 44.9 Å². The number of nitrogens with zero attached hydrogens (tertiary/aromatic N) is 2. The highest BCUT2D eigenvalue weighted by molar-refractivity contribution is 5.77. The lowest BCUT2D eigenvalue weighted by atomic mass is 9.93. The standard InChI is InChI=1S/C20H26N4O4/c1-3-24-12-14(11-22-24)19-15(4-5-18(25)23-19)21-10-13-8-16(26-2)20-17(9-13)27-6-7-28-20/h8-9,11-12,15,19,21H,3-7,10H2,1-2H3,(H,23,25)/t15-,19+/m1/s1. The van der Waals surface area contributed by atoms with E-state index >= 15 is 0 Å². The number of rotatable bonds is 6. The van der Waals surface area contributed by atoms with Crippen molar-refractivity contribution in [2.75, 3.05) is 20.3 Å². The minimum atomic E-state index is -0.0966. The van der Waals surface area contributed by atoms with Crippen molar-refractivity contribution in [2.24, 2.45) is 0 Å². The topological polar surface area (TPSA) is 86.6 Å². The Morgan fingerprint density at radius 1 is 1.36 bits per heavy atom. The molecule has 0 bridgehead atoms. The second-order valence-corrected chi connectivity index (χ2v) is 7.02. The summed E-state index contributed by atoms with van der Waals surface area (Å²) in [7, 11) is 1.63. The molecule has 150 valence electrons. The smallest absolute Gasteiger partial charge is 0.220 e. The number of fused-ring (bicyclic) bond motifs is 1. The number of hydrogen-bond donors (Lipinski definition) is 2. The molecule has 0 aliphatic carbocycles. The van der Waals surface area contributed by atoms with Crippen LogP contribution in [0.25, 0.3) is 0 Å². The number of benzene rings is 1. The highest BCUT2D eigenvalue weighted by Gasteiger charge is 2.30. The van der Waals surface area contributed by atoms with Crippen molar-refractivity contribution >= 4 is 5.91 Å². The number of ether oxygens (including phenoxy) is 3. The van der Waals surface area contributed by atoms with E-state index in [1.165, 1.54) is 0 Å². The lowest BCUT2D eigenvalue weighted by Crippen LogP contribution is -2.48. The molecule has 2 aliphatic rings. The molecule has 8 nitrogen and oxygen atoms in total. The molecule has 1 aromatic carbocycles. The van der Waals surface area contributed by atoms with Crippen molar-refractivity contribution in [1.82, 2.24) is 20.4 Å². The number of aryl methyl sites for hydroxylation is 1. The van der Waals surface area contributed by atoms with E-state index in [4.69, 9.17) is 14.2 Å². The van der Waals surface area contributed by atoms with Gasteiger partial charge in [0.1, 0.15) is 13.2 Å². The summed E-state index contributed by atoms with van der Waals surface area (Å²) in [5.74, 6) is 2.12. The molecule has 1 aromatic heterocycles. The molecule has 0 unspecified atom stereocenters. The van der Waals surface area contributed by atoms with Crippen LogP contribution in [0.4, 0.5) is 0 Å². The van der Waals surface area contributed by atoms with E-state index < -0.39 is 0 Å². The molecule has 1 amide bonds. The van der Waals surface area contributed by atoms with E-state index in [-0.39, 0.29) is 18.0 Å². The fraction of sp³-hybridized carbons (Fsp3) is 0.500. The number of carbonyl (C=O) groups excluding carboxylic acids is 1. The van der Waals surface area contributed by atoms with Gasteiger partial charge in [0.25, 0.3) is 0 Å². The van der Waals surface area contributed by atoms with Gasteiger partial charge in [-0.25, -0.2) is 0 Å². The number of nitrogens with one attached hydrogen (secondary N) is 2. The van der Waals surface area contributed by atoms with Gasteiger partial charge in [0.05, 0.1) is 19.3 Å². The van der Waals surface area contributed by atoms with E-state index in [2.05, 4.69) is 15.7 Å². The normalized spacial score (nSPS) is 21.3. The summed E-state index contributed by atoms with van der Waals surface area (Å²) in [5.41, 5.74) is 2.06. The van der Waals surface area contributed by atoms with Gasteiger partial charge in [-0.3, -0.25) is 9.48 Å². The van der Waals surface area contributed by atoms with Crippen LogP contribution in [0, 0.1) is 0 Å². The number of amides is 1. The van der Waals surface area contributed by atoms with Crippen LogP contribution in [-0.4, -0.2) is 42.1 Å². The Bertz CT molecular complexity index is 833. The van der Waals surface area contributed by atoms with Crippen LogP contribution in [0.15, 0.2) is 24.5 Å². The SMILES string of the molecule is CCn1cc([C@@H]2NC(=O)CC[C@H]2NCc2cc(OC)c3c(c2)OCCO3)cn1. The first-order chi connectivity index (χ1) is 13.7. The van der Waals surface area contributed by atoms with Crippen LogP contribution in [0.1, 0.15) is 36.9 Å². The number of methoxy groups -OCH3 is 1. The Kier molecular flexibility index (Phi) is 5.38. The monoisotopic (exact) mass is 386 g/mol. The molecule has 28 heavy (non-hydrogen) atoms. The van der Waals surface area contributed by atoms with Gasteiger partial charge in [-0.05, 0) is 31.0 Å². The van der Waals surface area contributed by atoms with Gasteiger partial charge in [0.15, 0.2) is 11.5 Å². The third-order valence-electron chi connectivity index (χ3n) is 5.19. The van der Waals surface area contributed by atoms with E-state index in [1.807, 2.05) is 36.1 Å². The summed E-state index contributed by atoms with van der Waals surface area (Å²) < 4.78 is 18.7. The van der Waals surface area contributed by atoms with Gasteiger partial charge < -0.3 is 24.8 Å². The highest BCUT2D eigenvalue weighted by atomic mass is 16.6. The molecule has 4 rings (SSSR count). The molecular weight excluding hydrogens is 360 g/mol. The average molecular weight is 386 g/mol. The first-order valence-electron chi connectivity index (χ1n) is 9.69. The second-order valence-electron chi connectivity index (χ2n) is 7.02. The molecule has 0 saturated carbocycles. The van der Waals surface area contributed by atoms with Crippen LogP contribution in [0.2, 0.25) is 0 Å². The second kappa shape index (κ2) is 8.10. The average Bonchev–Trinajstić information content (AvgIpc) is 3.21. The molecule has 2 aliphatic heterocycles. The van der Waals surface area contributed by atoms with Gasteiger partial charge >= 0.3 is 0 Å². The predicted octanol–water partition coefficient (Wildman–Crippen LogP) is 1.79. The molecule has 1 fully saturated rings. The number of hydrogen-bond acceptors (Lipinski definition) is 6. The fourth-order valence-electron chi connectivity index (χ4n) is 3.73. The summed E-state index contributed by atoms with van der Waals surface area (Å²) in [6.45, 7) is 4.53. The van der Waals surface area contributed by atoms with E-state index in [0.29, 0.717) is 43.4 Å². The Balaban J connectivity index is 1.50. The van der Waals surface area contributed by atoms with Crippen LogP contribution in [-0.2, 0) is 17.9 Å².